The molecular weight excluding hydrogens is 264 g/mol. The molecule has 0 radical (unpaired) electrons. The van der Waals surface area contributed by atoms with Crippen LogP contribution < -0.4 is 15.4 Å². The minimum Gasteiger partial charge on any atom is -0.491 e. The van der Waals surface area contributed by atoms with E-state index >= 15 is 0 Å². The Bertz CT molecular complexity index is 613. The number of amides is 2. The van der Waals surface area contributed by atoms with Gasteiger partial charge in [0, 0.05) is 6.54 Å². The van der Waals surface area contributed by atoms with E-state index in [1.807, 2.05) is 54.6 Å². The number of nitrogens with one attached hydrogen (secondary N) is 2. The Labute approximate surface area is 124 Å². The number of benzene rings is 2. The number of hydrogen-bond acceptors (Lipinski definition) is 2. The van der Waals surface area contributed by atoms with Crippen LogP contribution in [0.25, 0.3) is 0 Å². The molecule has 2 aromatic carbocycles. The lowest BCUT2D eigenvalue weighted by molar-refractivity contribution is 0.214. The van der Waals surface area contributed by atoms with Gasteiger partial charge in [0.15, 0.2) is 0 Å². The second kappa shape index (κ2) is 6.31. The third kappa shape index (κ3) is 3.54. The molecule has 0 saturated carbocycles. The van der Waals surface area contributed by atoms with Crippen LogP contribution in [-0.4, -0.2) is 18.7 Å². The van der Waals surface area contributed by atoms with Gasteiger partial charge in [-0.25, -0.2) is 4.79 Å². The number of ether oxygens (including phenoxy) is 1. The molecule has 0 spiro atoms. The molecule has 3 rings (SSSR count). The van der Waals surface area contributed by atoms with Gasteiger partial charge in [-0.05, 0) is 23.6 Å². The average molecular weight is 282 g/mol. The summed E-state index contributed by atoms with van der Waals surface area (Å²) in [4.78, 5) is 11.9. The minimum atomic E-state index is -0.160. The van der Waals surface area contributed by atoms with Crippen LogP contribution in [-0.2, 0) is 13.0 Å². The standard InChI is InChI=1S/C17H18N2O2/c20-17(18-11-13-6-2-1-3-7-13)19-15-10-14-8-4-5-9-16(14)21-12-15/h1-9,15H,10-12H2,(H2,18,19,20)/t15-/m1/s1. The number of fused-ring (bicyclic) bond motifs is 1. The fourth-order valence-electron chi connectivity index (χ4n) is 2.44. The lowest BCUT2D eigenvalue weighted by Crippen LogP contribution is -2.47. The average Bonchev–Trinajstić information content (AvgIpc) is 2.54. The van der Waals surface area contributed by atoms with Gasteiger partial charge in [-0.3, -0.25) is 0 Å². The Morgan fingerprint density at radius 1 is 1.10 bits per heavy atom. The fourth-order valence-corrected chi connectivity index (χ4v) is 2.44. The zero-order valence-corrected chi connectivity index (χ0v) is 11.7. The molecule has 0 bridgehead atoms. The molecule has 108 valence electrons. The second-order valence-electron chi connectivity index (χ2n) is 5.13. The van der Waals surface area contributed by atoms with Crippen LogP contribution in [0.15, 0.2) is 54.6 Å². The maximum Gasteiger partial charge on any atom is 0.315 e. The first-order valence-electron chi connectivity index (χ1n) is 7.10. The molecule has 2 amide bonds. The number of rotatable bonds is 3. The fraction of sp³-hybridized carbons (Fsp3) is 0.235. The van der Waals surface area contributed by atoms with E-state index in [9.17, 15) is 4.79 Å². The van der Waals surface area contributed by atoms with E-state index in [4.69, 9.17) is 4.74 Å². The van der Waals surface area contributed by atoms with Crippen LogP contribution in [0.2, 0.25) is 0 Å². The molecule has 1 aliphatic heterocycles. The second-order valence-corrected chi connectivity index (χ2v) is 5.13. The summed E-state index contributed by atoms with van der Waals surface area (Å²) in [6.45, 7) is 1.03. The number of hydrogen-bond donors (Lipinski definition) is 2. The van der Waals surface area contributed by atoms with Crippen LogP contribution in [0.3, 0.4) is 0 Å². The number of urea groups is 1. The topological polar surface area (TPSA) is 50.4 Å². The van der Waals surface area contributed by atoms with Gasteiger partial charge in [0.25, 0.3) is 0 Å². The third-order valence-corrected chi connectivity index (χ3v) is 3.51. The van der Waals surface area contributed by atoms with Crippen LogP contribution in [0.5, 0.6) is 5.75 Å². The summed E-state index contributed by atoms with van der Waals surface area (Å²) in [5.74, 6) is 0.917. The van der Waals surface area contributed by atoms with E-state index < -0.39 is 0 Å². The van der Waals surface area contributed by atoms with Crippen molar-refractivity contribution in [2.45, 2.75) is 19.0 Å². The Balaban J connectivity index is 1.50. The molecule has 2 aromatic rings. The Kier molecular flexibility index (Phi) is 4.05. The van der Waals surface area contributed by atoms with E-state index in [1.54, 1.807) is 0 Å². The van der Waals surface area contributed by atoms with E-state index in [2.05, 4.69) is 10.6 Å². The van der Waals surface area contributed by atoms with Gasteiger partial charge in [-0.1, -0.05) is 48.5 Å². The van der Waals surface area contributed by atoms with Crippen LogP contribution in [0.4, 0.5) is 4.79 Å². The molecule has 0 saturated heterocycles. The third-order valence-electron chi connectivity index (χ3n) is 3.51. The van der Waals surface area contributed by atoms with Crippen molar-refractivity contribution < 1.29 is 9.53 Å². The first-order chi connectivity index (χ1) is 10.3. The van der Waals surface area contributed by atoms with Gasteiger partial charge in [-0.2, -0.15) is 0 Å². The first-order valence-corrected chi connectivity index (χ1v) is 7.10. The predicted octanol–water partition coefficient (Wildman–Crippen LogP) is 2.49. The lowest BCUT2D eigenvalue weighted by atomic mass is 10.0. The summed E-state index contributed by atoms with van der Waals surface area (Å²) in [6.07, 6.45) is 0.801. The summed E-state index contributed by atoms with van der Waals surface area (Å²) in [6, 6.07) is 17.6. The molecule has 1 atom stereocenters. The molecule has 4 nitrogen and oxygen atoms in total. The summed E-state index contributed by atoms with van der Waals surface area (Å²) in [7, 11) is 0. The van der Waals surface area contributed by atoms with Gasteiger partial charge in [-0.15, -0.1) is 0 Å². The molecule has 0 aliphatic carbocycles. The van der Waals surface area contributed by atoms with Crippen LogP contribution in [0, 0.1) is 0 Å². The molecule has 2 N–H and O–H groups in total. The van der Waals surface area contributed by atoms with Crippen molar-refractivity contribution >= 4 is 6.03 Å². The normalized spacial score (nSPS) is 16.5. The molecule has 21 heavy (non-hydrogen) atoms. The van der Waals surface area contributed by atoms with Gasteiger partial charge >= 0.3 is 6.03 Å². The number of para-hydroxylation sites is 1. The molecule has 0 unspecified atom stereocenters. The highest BCUT2D eigenvalue weighted by Crippen LogP contribution is 2.23. The zero-order valence-electron chi connectivity index (χ0n) is 11.7. The number of carbonyl (C=O) groups is 1. The Hall–Kier alpha value is -2.49. The molecule has 0 fully saturated rings. The first kappa shape index (κ1) is 13.5. The summed E-state index contributed by atoms with van der Waals surface area (Å²) < 4.78 is 5.66. The molecular formula is C17H18N2O2. The highest BCUT2D eigenvalue weighted by Gasteiger charge is 2.20. The van der Waals surface area contributed by atoms with Crippen molar-refractivity contribution in [3.8, 4) is 5.75 Å². The Morgan fingerprint density at radius 2 is 1.86 bits per heavy atom. The van der Waals surface area contributed by atoms with E-state index in [0.717, 1.165) is 23.3 Å². The maximum atomic E-state index is 11.9. The Morgan fingerprint density at radius 3 is 2.71 bits per heavy atom. The van der Waals surface area contributed by atoms with Crippen molar-refractivity contribution in [3.63, 3.8) is 0 Å². The van der Waals surface area contributed by atoms with Crippen molar-refractivity contribution in [2.75, 3.05) is 6.61 Å². The van der Waals surface area contributed by atoms with Crippen LogP contribution in [0.1, 0.15) is 11.1 Å². The van der Waals surface area contributed by atoms with E-state index in [-0.39, 0.29) is 12.1 Å². The quantitative estimate of drug-likeness (QED) is 0.908. The minimum absolute atomic E-state index is 0.00988. The van der Waals surface area contributed by atoms with Crippen molar-refractivity contribution in [1.29, 1.82) is 0 Å². The maximum absolute atomic E-state index is 11.9. The van der Waals surface area contributed by atoms with Gasteiger partial charge in [0.1, 0.15) is 12.4 Å². The molecule has 0 aromatic heterocycles. The molecule has 4 heteroatoms. The van der Waals surface area contributed by atoms with Gasteiger partial charge < -0.3 is 15.4 Å². The van der Waals surface area contributed by atoms with Crippen molar-refractivity contribution in [3.05, 3.63) is 65.7 Å². The van der Waals surface area contributed by atoms with Crippen molar-refractivity contribution in [2.24, 2.45) is 0 Å². The highest BCUT2D eigenvalue weighted by atomic mass is 16.5. The van der Waals surface area contributed by atoms with Gasteiger partial charge in [0.05, 0.1) is 6.04 Å². The van der Waals surface area contributed by atoms with Crippen LogP contribution >= 0.6 is 0 Å². The SMILES string of the molecule is O=C(NCc1ccccc1)N[C@H]1COc2ccccc2C1. The predicted molar refractivity (Wildman–Crippen MR) is 81.2 cm³/mol. The lowest BCUT2D eigenvalue weighted by Gasteiger charge is -2.26. The van der Waals surface area contributed by atoms with Crippen molar-refractivity contribution in [1.82, 2.24) is 10.6 Å². The largest absolute Gasteiger partial charge is 0.491 e. The summed E-state index contributed by atoms with van der Waals surface area (Å²) in [5.41, 5.74) is 2.22. The number of carbonyl (C=O) groups excluding carboxylic acids is 1. The monoisotopic (exact) mass is 282 g/mol. The highest BCUT2D eigenvalue weighted by molar-refractivity contribution is 5.74. The molecule has 1 heterocycles. The summed E-state index contributed by atoms with van der Waals surface area (Å²) >= 11 is 0. The van der Waals surface area contributed by atoms with E-state index in [0.29, 0.717) is 13.2 Å². The molecule has 1 aliphatic rings. The summed E-state index contributed by atoms with van der Waals surface area (Å²) in [5, 5.41) is 5.82. The zero-order chi connectivity index (χ0) is 14.5. The van der Waals surface area contributed by atoms with Gasteiger partial charge in [0.2, 0.25) is 0 Å². The smallest absolute Gasteiger partial charge is 0.315 e. The van der Waals surface area contributed by atoms with E-state index in [1.165, 1.54) is 0 Å².